The Balaban J connectivity index is 1.73. The highest BCUT2D eigenvalue weighted by Gasteiger charge is 2.20. The molecule has 0 unspecified atom stereocenters. The molecule has 0 atom stereocenters. The average molecular weight is 419 g/mol. The number of nitrogens with zero attached hydrogens (tertiary/aromatic N) is 2. The molecule has 2 heterocycles. The summed E-state index contributed by atoms with van der Waals surface area (Å²) in [5, 5.41) is 7.45. The molecule has 0 fully saturated rings. The van der Waals surface area contributed by atoms with Crippen LogP contribution in [0, 0.1) is 0 Å². The number of furan rings is 1. The summed E-state index contributed by atoms with van der Waals surface area (Å²) in [5.41, 5.74) is 2.12. The number of carbonyl (C=O) groups excluding carboxylic acids is 1. The molecule has 2 aromatic heterocycles. The molecule has 0 bridgehead atoms. The van der Waals surface area contributed by atoms with Crippen LogP contribution in [0.5, 0.6) is 17.2 Å². The van der Waals surface area contributed by atoms with Gasteiger partial charge in [-0.2, -0.15) is 5.10 Å². The zero-order valence-electron chi connectivity index (χ0n) is 17.3. The molecule has 1 N–H and O–H groups in total. The lowest BCUT2D eigenvalue weighted by molar-refractivity contribution is 0.101. The van der Waals surface area contributed by atoms with Gasteiger partial charge in [0.2, 0.25) is 5.75 Å². The molecule has 0 aliphatic carbocycles. The van der Waals surface area contributed by atoms with Crippen LogP contribution < -0.4 is 19.5 Å². The molecular formula is C23H21N3O5. The fourth-order valence-electron chi connectivity index (χ4n) is 3.20. The lowest BCUT2D eigenvalue weighted by Gasteiger charge is -2.15. The van der Waals surface area contributed by atoms with E-state index in [0.29, 0.717) is 40.1 Å². The summed E-state index contributed by atoms with van der Waals surface area (Å²) >= 11 is 0. The number of para-hydroxylation sites is 1. The summed E-state index contributed by atoms with van der Waals surface area (Å²) in [5.74, 6) is 1.52. The van der Waals surface area contributed by atoms with Gasteiger partial charge in [-0.25, -0.2) is 4.68 Å². The monoisotopic (exact) mass is 419 g/mol. The molecule has 158 valence electrons. The highest BCUT2D eigenvalue weighted by atomic mass is 16.5. The van der Waals surface area contributed by atoms with Gasteiger partial charge in [0.15, 0.2) is 17.3 Å². The van der Waals surface area contributed by atoms with Crippen LogP contribution in [0.25, 0.3) is 17.1 Å². The van der Waals surface area contributed by atoms with Crippen molar-refractivity contribution >= 4 is 11.6 Å². The molecule has 0 aliphatic rings. The van der Waals surface area contributed by atoms with Gasteiger partial charge < -0.3 is 23.9 Å². The minimum atomic E-state index is -0.358. The first-order valence-electron chi connectivity index (χ1n) is 9.45. The zero-order valence-corrected chi connectivity index (χ0v) is 17.3. The van der Waals surface area contributed by atoms with Gasteiger partial charge in [0.1, 0.15) is 11.4 Å². The largest absolute Gasteiger partial charge is 0.493 e. The van der Waals surface area contributed by atoms with Crippen LogP contribution in [0.1, 0.15) is 10.5 Å². The van der Waals surface area contributed by atoms with Gasteiger partial charge >= 0.3 is 0 Å². The number of nitrogens with one attached hydrogen (secondary N) is 1. The van der Waals surface area contributed by atoms with Gasteiger partial charge in [-0.3, -0.25) is 4.79 Å². The number of hydrogen-bond acceptors (Lipinski definition) is 6. The van der Waals surface area contributed by atoms with Crippen molar-refractivity contribution in [3.63, 3.8) is 0 Å². The van der Waals surface area contributed by atoms with E-state index in [-0.39, 0.29) is 5.91 Å². The molecule has 0 aliphatic heterocycles. The fourth-order valence-corrected chi connectivity index (χ4v) is 3.20. The summed E-state index contributed by atoms with van der Waals surface area (Å²) in [7, 11) is 4.55. The second-order valence-electron chi connectivity index (χ2n) is 6.51. The third kappa shape index (κ3) is 3.95. The van der Waals surface area contributed by atoms with E-state index in [2.05, 4.69) is 10.4 Å². The number of amides is 1. The van der Waals surface area contributed by atoms with Crippen molar-refractivity contribution in [1.82, 2.24) is 9.78 Å². The maximum atomic E-state index is 13.2. The molecule has 0 radical (unpaired) electrons. The quantitative estimate of drug-likeness (QED) is 0.477. The molecule has 8 heteroatoms. The number of ether oxygens (including phenoxy) is 3. The van der Waals surface area contributed by atoms with E-state index in [0.717, 1.165) is 5.69 Å². The molecule has 8 nitrogen and oxygen atoms in total. The Hall–Kier alpha value is -4.20. The van der Waals surface area contributed by atoms with Gasteiger partial charge in [0, 0.05) is 23.9 Å². The Kier molecular flexibility index (Phi) is 5.61. The smallest absolute Gasteiger partial charge is 0.274 e. The van der Waals surface area contributed by atoms with Crippen molar-refractivity contribution in [3.05, 3.63) is 72.6 Å². The number of benzene rings is 2. The number of methoxy groups -OCH3 is 3. The van der Waals surface area contributed by atoms with Crippen LogP contribution in [0.4, 0.5) is 5.69 Å². The van der Waals surface area contributed by atoms with Gasteiger partial charge in [-0.05, 0) is 24.3 Å². The fraction of sp³-hybridized carbons (Fsp3) is 0.130. The number of hydrogen-bond donors (Lipinski definition) is 1. The topological polar surface area (TPSA) is 87.8 Å². The summed E-state index contributed by atoms with van der Waals surface area (Å²) < 4.78 is 23.1. The summed E-state index contributed by atoms with van der Waals surface area (Å²) in [4.78, 5) is 13.2. The third-order valence-corrected chi connectivity index (χ3v) is 4.64. The molecule has 0 saturated heterocycles. The minimum Gasteiger partial charge on any atom is -0.493 e. The predicted octanol–water partition coefficient (Wildman–Crippen LogP) is 4.41. The summed E-state index contributed by atoms with van der Waals surface area (Å²) in [6.45, 7) is 0. The van der Waals surface area contributed by atoms with Gasteiger partial charge in [-0.15, -0.1) is 0 Å². The Bertz CT molecular complexity index is 1160. The van der Waals surface area contributed by atoms with Crippen LogP contribution in [0.15, 0.2) is 71.3 Å². The minimum absolute atomic E-state index is 0.339. The van der Waals surface area contributed by atoms with E-state index in [9.17, 15) is 4.79 Å². The van der Waals surface area contributed by atoms with Crippen LogP contribution in [0.3, 0.4) is 0 Å². The van der Waals surface area contributed by atoms with Crippen molar-refractivity contribution in [3.8, 4) is 34.4 Å². The highest BCUT2D eigenvalue weighted by molar-refractivity contribution is 6.04. The van der Waals surface area contributed by atoms with Crippen LogP contribution in [-0.4, -0.2) is 37.0 Å². The Morgan fingerprint density at radius 1 is 0.935 bits per heavy atom. The van der Waals surface area contributed by atoms with Gasteiger partial charge in [0.25, 0.3) is 5.91 Å². The number of aromatic nitrogens is 2. The first kappa shape index (κ1) is 20.1. The van der Waals surface area contributed by atoms with Gasteiger partial charge in [0.05, 0.1) is 33.3 Å². The number of carbonyl (C=O) groups is 1. The maximum Gasteiger partial charge on any atom is 0.274 e. The Morgan fingerprint density at radius 2 is 1.65 bits per heavy atom. The van der Waals surface area contributed by atoms with E-state index in [1.165, 1.54) is 21.3 Å². The third-order valence-electron chi connectivity index (χ3n) is 4.64. The average Bonchev–Trinajstić information content (AvgIpc) is 3.49. The van der Waals surface area contributed by atoms with E-state index < -0.39 is 0 Å². The van der Waals surface area contributed by atoms with Crippen molar-refractivity contribution < 1.29 is 23.4 Å². The maximum absolute atomic E-state index is 13.2. The SMILES string of the molecule is COc1cc(NC(=O)c2cc(-c3ccco3)nn2-c2ccccc2)cc(OC)c1OC. The van der Waals surface area contributed by atoms with Crippen LogP contribution >= 0.6 is 0 Å². The van der Waals surface area contributed by atoms with Crippen molar-refractivity contribution in [2.75, 3.05) is 26.6 Å². The van der Waals surface area contributed by atoms with Crippen LogP contribution in [-0.2, 0) is 0 Å². The molecule has 4 rings (SSSR count). The van der Waals surface area contributed by atoms with E-state index in [1.54, 1.807) is 41.3 Å². The van der Waals surface area contributed by atoms with E-state index >= 15 is 0 Å². The first-order chi connectivity index (χ1) is 15.1. The van der Waals surface area contributed by atoms with E-state index in [1.807, 2.05) is 30.3 Å². The molecule has 2 aromatic carbocycles. The highest BCUT2D eigenvalue weighted by Crippen LogP contribution is 2.40. The zero-order chi connectivity index (χ0) is 21.8. The molecule has 1 amide bonds. The second-order valence-corrected chi connectivity index (χ2v) is 6.51. The van der Waals surface area contributed by atoms with Gasteiger partial charge in [-0.1, -0.05) is 18.2 Å². The standard InChI is InChI=1S/C23H21N3O5/c1-28-20-12-15(13-21(29-2)22(20)30-3)24-23(27)18-14-17(19-10-7-11-31-19)25-26(18)16-8-5-4-6-9-16/h4-14H,1-3H3,(H,24,27). The number of anilines is 1. The van der Waals surface area contributed by atoms with E-state index in [4.69, 9.17) is 18.6 Å². The lowest BCUT2D eigenvalue weighted by Crippen LogP contribution is -2.17. The van der Waals surface area contributed by atoms with Crippen molar-refractivity contribution in [2.24, 2.45) is 0 Å². The predicted molar refractivity (Wildman–Crippen MR) is 115 cm³/mol. The normalized spacial score (nSPS) is 10.5. The number of rotatable bonds is 7. The lowest BCUT2D eigenvalue weighted by atomic mass is 10.2. The Morgan fingerprint density at radius 3 is 2.23 bits per heavy atom. The Labute approximate surface area is 179 Å². The van der Waals surface area contributed by atoms with Crippen LogP contribution in [0.2, 0.25) is 0 Å². The first-order valence-corrected chi connectivity index (χ1v) is 9.45. The summed E-state index contributed by atoms with van der Waals surface area (Å²) in [6.07, 6.45) is 1.56. The second kappa shape index (κ2) is 8.66. The van der Waals surface area contributed by atoms with Crippen molar-refractivity contribution in [2.45, 2.75) is 0 Å². The molecular weight excluding hydrogens is 398 g/mol. The molecule has 0 saturated carbocycles. The molecule has 4 aromatic rings. The summed E-state index contributed by atoms with van der Waals surface area (Å²) in [6, 6.07) is 18.0. The molecule has 31 heavy (non-hydrogen) atoms. The molecule has 0 spiro atoms. The van der Waals surface area contributed by atoms with Crippen molar-refractivity contribution in [1.29, 1.82) is 0 Å².